The van der Waals surface area contributed by atoms with Crippen LogP contribution in [-0.2, 0) is 29.0 Å². The van der Waals surface area contributed by atoms with Crippen LogP contribution in [0.3, 0.4) is 0 Å². The molecule has 2 amide bonds. The summed E-state index contributed by atoms with van der Waals surface area (Å²) >= 11 is 12.7. The number of nitrogens with one attached hydrogen (secondary N) is 1. The van der Waals surface area contributed by atoms with E-state index < -0.39 is 6.04 Å². The van der Waals surface area contributed by atoms with Crippen LogP contribution >= 0.6 is 23.2 Å². The van der Waals surface area contributed by atoms with E-state index in [1.165, 1.54) is 0 Å². The summed E-state index contributed by atoms with van der Waals surface area (Å²) in [4.78, 5) is 28.8. The van der Waals surface area contributed by atoms with Crippen LogP contribution in [0.15, 0.2) is 78.9 Å². The quantitative estimate of drug-likeness (QED) is 0.326. The first-order valence-electron chi connectivity index (χ1n) is 11.6. The molecule has 1 atom stereocenters. The lowest BCUT2D eigenvalue weighted by atomic mass is 10.0. The minimum atomic E-state index is -0.673. The van der Waals surface area contributed by atoms with Crippen LogP contribution < -0.4 is 5.32 Å². The molecule has 34 heavy (non-hydrogen) atoms. The third-order valence-corrected chi connectivity index (χ3v) is 6.39. The second-order valence-electron chi connectivity index (χ2n) is 8.23. The van der Waals surface area contributed by atoms with Gasteiger partial charge in [-0.1, -0.05) is 103 Å². The molecule has 1 unspecified atom stereocenters. The van der Waals surface area contributed by atoms with E-state index in [2.05, 4.69) is 12.2 Å². The van der Waals surface area contributed by atoms with Gasteiger partial charge in [-0.05, 0) is 35.2 Å². The Bertz CT molecular complexity index is 1050. The van der Waals surface area contributed by atoms with E-state index in [4.69, 9.17) is 23.2 Å². The zero-order valence-corrected chi connectivity index (χ0v) is 20.9. The first-order chi connectivity index (χ1) is 16.5. The molecule has 0 aliphatic carbocycles. The van der Waals surface area contributed by atoms with Crippen LogP contribution in [-0.4, -0.2) is 29.3 Å². The van der Waals surface area contributed by atoms with Crippen LogP contribution in [0, 0.1) is 0 Å². The summed E-state index contributed by atoms with van der Waals surface area (Å²) in [5, 5.41) is 3.90. The Labute approximate surface area is 211 Å². The first kappa shape index (κ1) is 25.8. The molecular formula is C28H30Cl2N2O2. The summed E-state index contributed by atoms with van der Waals surface area (Å²) in [6, 6.07) is 24.0. The molecule has 0 heterocycles. The average Bonchev–Trinajstić information content (AvgIpc) is 2.85. The van der Waals surface area contributed by atoms with Crippen molar-refractivity contribution < 1.29 is 9.59 Å². The summed E-state index contributed by atoms with van der Waals surface area (Å²) in [5.74, 6) is -0.364. The van der Waals surface area contributed by atoms with Gasteiger partial charge in [-0.2, -0.15) is 0 Å². The van der Waals surface area contributed by atoms with Gasteiger partial charge in [0.05, 0.1) is 6.42 Å². The largest absolute Gasteiger partial charge is 0.354 e. The highest BCUT2D eigenvalue weighted by Crippen LogP contribution is 2.26. The number of rotatable bonds is 11. The van der Waals surface area contributed by atoms with Gasteiger partial charge in [-0.3, -0.25) is 9.59 Å². The van der Waals surface area contributed by atoms with Gasteiger partial charge in [0.2, 0.25) is 11.8 Å². The maximum atomic E-state index is 13.7. The zero-order valence-electron chi connectivity index (χ0n) is 19.3. The maximum absolute atomic E-state index is 13.7. The lowest BCUT2D eigenvalue weighted by Gasteiger charge is -2.32. The second kappa shape index (κ2) is 13.2. The molecule has 3 rings (SSSR count). The van der Waals surface area contributed by atoms with Gasteiger partial charge in [-0.25, -0.2) is 0 Å². The number of amides is 2. The van der Waals surface area contributed by atoms with Gasteiger partial charge in [0.25, 0.3) is 0 Å². The number of carbonyl (C=O) groups excluding carboxylic acids is 2. The third-order valence-electron chi connectivity index (χ3n) is 5.69. The highest BCUT2D eigenvalue weighted by atomic mass is 35.5. The van der Waals surface area contributed by atoms with Crippen molar-refractivity contribution >= 4 is 35.0 Å². The highest BCUT2D eigenvalue weighted by Gasteiger charge is 2.30. The SMILES string of the molecule is CCCCNC(=O)C(Cc1ccccc1)N(Cc1ccccc1)C(=O)Cc1c(Cl)cccc1Cl. The Morgan fingerprint density at radius 1 is 0.853 bits per heavy atom. The van der Waals surface area contributed by atoms with Crippen molar-refractivity contribution in [3.05, 3.63) is 106 Å². The van der Waals surface area contributed by atoms with Crippen molar-refractivity contribution in [2.75, 3.05) is 6.54 Å². The number of carbonyl (C=O) groups is 2. The lowest BCUT2D eigenvalue weighted by Crippen LogP contribution is -2.51. The molecule has 0 bridgehead atoms. The molecule has 0 saturated carbocycles. The van der Waals surface area contributed by atoms with E-state index in [0.717, 1.165) is 24.0 Å². The van der Waals surface area contributed by atoms with Crippen LogP contribution in [0.1, 0.15) is 36.5 Å². The average molecular weight is 497 g/mol. The van der Waals surface area contributed by atoms with Crippen LogP contribution in [0.2, 0.25) is 10.0 Å². The fourth-order valence-electron chi connectivity index (χ4n) is 3.79. The van der Waals surface area contributed by atoms with E-state index in [0.29, 0.717) is 35.1 Å². The Morgan fingerprint density at radius 2 is 1.44 bits per heavy atom. The Hall–Kier alpha value is -2.82. The van der Waals surface area contributed by atoms with Crippen LogP contribution in [0.4, 0.5) is 0 Å². The lowest BCUT2D eigenvalue weighted by molar-refractivity contribution is -0.140. The van der Waals surface area contributed by atoms with E-state index >= 15 is 0 Å². The summed E-state index contributed by atoms with van der Waals surface area (Å²) in [7, 11) is 0. The number of hydrogen-bond acceptors (Lipinski definition) is 2. The molecule has 0 saturated heterocycles. The molecule has 6 heteroatoms. The van der Waals surface area contributed by atoms with Gasteiger partial charge in [-0.15, -0.1) is 0 Å². The number of unbranched alkanes of at least 4 members (excludes halogenated alkanes) is 1. The molecule has 3 aromatic rings. The fourth-order valence-corrected chi connectivity index (χ4v) is 4.33. The van der Waals surface area contributed by atoms with Crippen LogP contribution in [0.25, 0.3) is 0 Å². The molecule has 4 nitrogen and oxygen atoms in total. The minimum Gasteiger partial charge on any atom is -0.354 e. The molecule has 178 valence electrons. The Kier molecular flexibility index (Phi) is 9.99. The van der Waals surface area contributed by atoms with Crippen molar-refractivity contribution in [2.45, 2.75) is 45.2 Å². The van der Waals surface area contributed by atoms with Gasteiger partial charge in [0.15, 0.2) is 0 Å². The van der Waals surface area contributed by atoms with Crippen molar-refractivity contribution in [2.24, 2.45) is 0 Å². The normalized spacial score (nSPS) is 11.6. The number of benzene rings is 3. The van der Waals surface area contributed by atoms with E-state index in [1.807, 2.05) is 60.7 Å². The maximum Gasteiger partial charge on any atom is 0.243 e. The van der Waals surface area contributed by atoms with Gasteiger partial charge >= 0.3 is 0 Å². The van der Waals surface area contributed by atoms with E-state index in [-0.39, 0.29) is 18.2 Å². The predicted octanol–water partition coefficient (Wildman–Crippen LogP) is 6.09. The summed E-state index contributed by atoms with van der Waals surface area (Å²) in [5.41, 5.74) is 2.50. The summed E-state index contributed by atoms with van der Waals surface area (Å²) in [6.45, 7) is 2.96. The second-order valence-corrected chi connectivity index (χ2v) is 9.05. The smallest absolute Gasteiger partial charge is 0.243 e. The standard InChI is InChI=1S/C28H30Cl2N2O2/c1-2-3-17-31-28(34)26(18-21-11-6-4-7-12-21)32(20-22-13-8-5-9-14-22)27(33)19-23-24(29)15-10-16-25(23)30/h4-16,26H,2-3,17-20H2,1H3,(H,31,34). The van der Waals surface area contributed by atoms with Crippen LogP contribution in [0.5, 0.6) is 0 Å². The molecule has 0 spiro atoms. The summed E-state index contributed by atoms with van der Waals surface area (Å²) in [6.07, 6.45) is 2.28. The fraction of sp³-hybridized carbons (Fsp3) is 0.286. The zero-order chi connectivity index (χ0) is 24.3. The van der Waals surface area contributed by atoms with E-state index in [9.17, 15) is 9.59 Å². The van der Waals surface area contributed by atoms with Crippen molar-refractivity contribution in [3.8, 4) is 0 Å². The van der Waals surface area contributed by atoms with Crippen molar-refractivity contribution in [1.82, 2.24) is 10.2 Å². The molecule has 0 aliphatic heterocycles. The van der Waals surface area contributed by atoms with Gasteiger partial charge in [0, 0.05) is 29.6 Å². The molecule has 0 aliphatic rings. The van der Waals surface area contributed by atoms with Gasteiger partial charge < -0.3 is 10.2 Å². The number of halogens is 2. The number of hydrogen-bond donors (Lipinski definition) is 1. The topological polar surface area (TPSA) is 49.4 Å². The third kappa shape index (κ3) is 7.34. The Morgan fingerprint density at radius 3 is 2.03 bits per heavy atom. The number of nitrogens with zero attached hydrogens (tertiary/aromatic N) is 1. The summed E-state index contributed by atoms with van der Waals surface area (Å²) < 4.78 is 0. The molecule has 0 radical (unpaired) electrons. The molecule has 1 N–H and O–H groups in total. The molecule has 0 aromatic heterocycles. The first-order valence-corrected chi connectivity index (χ1v) is 12.3. The van der Waals surface area contributed by atoms with E-state index in [1.54, 1.807) is 23.1 Å². The monoisotopic (exact) mass is 496 g/mol. The molecular weight excluding hydrogens is 467 g/mol. The minimum absolute atomic E-state index is 0.0128. The Balaban J connectivity index is 1.95. The molecule has 3 aromatic carbocycles. The van der Waals surface area contributed by atoms with Gasteiger partial charge in [0.1, 0.15) is 6.04 Å². The predicted molar refractivity (Wildman–Crippen MR) is 139 cm³/mol. The molecule has 0 fully saturated rings. The van der Waals surface area contributed by atoms with Crippen molar-refractivity contribution in [1.29, 1.82) is 0 Å². The van der Waals surface area contributed by atoms with Crippen molar-refractivity contribution in [3.63, 3.8) is 0 Å². The highest BCUT2D eigenvalue weighted by molar-refractivity contribution is 6.36.